The standard InChI is InChI=1S/C13H2Cl4N2O/c1-4-6(5(2-18)3-19)7-8(13(4)20)10(15)12(17)11(16)9(7)14/h1H2. The van der Waals surface area contributed by atoms with Gasteiger partial charge in [-0.15, -0.1) is 0 Å². The molecule has 0 aliphatic heterocycles. The van der Waals surface area contributed by atoms with E-state index in [0.717, 1.165) is 0 Å². The molecule has 0 spiro atoms. The molecule has 0 saturated carbocycles. The van der Waals surface area contributed by atoms with Crippen molar-refractivity contribution in [3.8, 4) is 12.1 Å². The lowest BCUT2D eigenvalue weighted by Crippen LogP contribution is -1.96. The molecule has 7 heteroatoms. The van der Waals surface area contributed by atoms with Gasteiger partial charge in [-0.1, -0.05) is 53.0 Å². The number of Topliss-reactive ketones (excluding diaryl/α,β-unsaturated/α-hetero) is 1. The van der Waals surface area contributed by atoms with Gasteiger partial charge in [0.25, 0.3) is 0 Å². The first-order valence-electron chi connectivity index (χ1n) is 5.01. The lowest BCUT2D eigenvalue weighted by atomic mass is 10.0. The van der Waals surface area contributed by atoms with Crippen molar-refractivity contribution in [2.45, 2.75) is 0 Å². The van der Waals surface area contributed by atoms with E-state index in [9.17, 15) is 4.79 Å². The first-order valence-corrected chi connectivity index (χ1v) is 6.52. The number of carbonyl (C=O) groups is 1. The normalized spacial score (nSPS) is 13.0. The predicted octanol–water partition coefficient (Wildman–Crippen LogP) is 4.85. The summed E-state index contributed by atoms with van der Waals surface area (Å²) < 4.78 is 0. The van der Waals surface area contributed by atoms with Crippen molar-refractivity contribution in [3.63, 3.8) is 0 Å². The molecule has 98 valence electrons. The van der Waals surface area contributed by atoms with Crippen LogP contribution in [0, 0.1) is 22.7 Å². The van der Waals surface area contributed by atoms with E-state index in [1.807, 2.05) is 0 Å². The molecule has 0 radical (unpaired) electrons. The summed E-state index contributed by atoms with van der Waals surface area (Å²) in [5.74, 6) is -0.538. The third kappa shape index (κ3) is 1.84. The molecule has 2 rings (SSSR count). The van der Waals surface area contributed by atoms with Crippen LogP contribution in [0.1, 0.15) is 15.9 Å². The van der Waals surface area contributed by atoms with Crippen LogP contribution in [-0.2, 0) is 0 Å². The highest BCUT2D eigenvalue weighted by molar-refractivity contribution is 6.55. The zero-order valence-corrected chi connectivity index (χ0v) is 12.5. The molecule has 1 aliphatic rings. The molecule has 0 aromatic heterocycles. The highest BCUT2D eigenvalue weighted by atomic mass is 35.5. The number of hydrogen-bond donors (Lipinski definition) is 0. The van der Waals surface area contributed by atoms with Gasteiger partial charge < -0.3 is 0 Å². The van der Waals surface area contributed by atoms with Gasteiger partial charge in [0, 0.05) is 16.7 Å². The van der Waals surface area contributed by atoms with Gasteiger partial charge >= 0.3 is 0 Å². The third-order valence-corrected chi connectivity index (χ3v) is 4.60. The second-order valence-electron chi connectivity index (χ2n) is 3.79. The fourth-order valence-corrected chi connectivity index (χ4v) is 2.94. The topological polar surface area (TPSA) is 64.7 Å². The van der Waals surface area contributed by atoms with Gasteiger partial charge in [-0.05, 0) is 0 Å². The van der Waals surface area contributed by atoms with E-state index in [2.05, 4.69) is 6.58 Å². The summed E-state index contributed by atoms with van der Waals surface area (Å²) in [6.07, 6.45) is 0. The van der Waals surface area contributed by atoms with Crippen LogP contribution in [0.5, 0.6) is 0 Å². The molecule has 1 aromatic carbocycles. The Kier molecular flexibility index (Phi) is 3.82. The van der Waals surface area contributed by atoms with Crippen molar-refractivity contribution >= 4 is 57.8 Å². The average molecular weight is 344 g/mol. The Morgan fingerprint density at radius 2 is 1.35 bits per heavy atom. The van der Waals surface area contributed by atoms with E-state index in [1.165, 1.54) is 0 Å². The van der Waals surface area contributed by atoms with Crippen LogP contribution in [0.2, 0.25) is 20.1 Å². The van der Waals surface area contributed by atoms with E-state index < -0.39 is 5.78 Å². The van der Waals surface area contributed by atoms with Crippen molar-refractivity contribution in [2.24, 2.45) is 0 Å². The number of allylic oxidation sites excluding steroid dienone is 3. The molecule has 0 heterocycles. The number of fused-ring (bicyclic) bond motifs is 1. The summed E-state index contributed by atoms with van der Waals surface area (Å²) in [4.78, 5) is 12.2. The van der Waals surface area contributed by atoms with Gasteiger partial charge in [0.15, 0.2) is 5.78 Å². The number of halogens is 4. The van der Waals surface area contributed by atoms with Gasteiger partial charge in [-0.25, -0.2) is 0 Å². The summed E-state index contributed by atoms with van der Waals surface area (Å²) in [6, 6.07) is 3.39. The summed E-state index contributed by atoms with van der Waals surface area (Å²) in [5, 5.41) is 17.7. The number of hydrogen-bond acceptors (Lipinski definition) is 3. The number of nitrogens with zero attached hydrogens (tertiary/aromatic N) is 2. The monoisotopic (exact) mass is 342 g/mol. The Labute approximate surface area is 134 Å². The van der Waals surface area contributed by atoms with Crippen molar-refractivity contribution < 1.29 is 4.79 Å². The maximum Gasteiger partial charge on any atom is 0.195 e. The van der Waals surface area contributed by atoms with E-state index in [4.69, 9.17) is 56.9 Å². The van der Waals surface area contributed by atoms with Crippen LogP contribution >= 0.6 is 46.4 Å². The van der Waals surface area contributed by atoms with E-state index >= 15 is 0 Å². The maximum absolute atomic E-state index is 12.2. The fourth-order valence-electron chi connectivity index (χ4n) is 1.91. The lowest BCUT2D eigenvalue weighted by molar-refractivity contribution is 0.104. The number of carbonyl (C=O) groups excluding carboxylic acids is 1. The number of rotatable bonds is 0. The zero-order valence-electron chi connectivity index (χ0n) is 9.52. The van der Waals surface area contributed by atoms with Gasteiger partial charge in [0.2, 0.25) is 0 Å². The summed E-state index contributed by atoms with van der Waals surface area (Å²) in [5.41, 5.74) is -0.160. The Balaban J connectivity index is 3.07. The van der Waals surface area contributed by atoms with Crippen LogP contribution in [0.4, 0.5) is 0 Å². The van der Waals surface area contributed by atoms with Crippen LogP contribution in [0.25, 0.3) is 5.57 Å². The zero-order chi connectivity index (χ0) is 15.2. The molecule has 3 nitrogen and oxygen atoms in total. The Morgan fingerprint density at radius 3 is 1.80 bits per heavy atom. The molecular weight excluding hydrogens is 342 g/mol. The molecule has 0 saturated heterocycles. The molecule has 0 fully saturated rings. The molecule has 0 unspecified atom stereocenters. The van der Waals surface area contributed by atoms with Gasteiger partial charge in [-0.3, -0.25) is 4.79 Å². The maximum atomic E-state index is 12.2. The molecule has 0 bridgehead atoms. The van der Waals surface area contributed by atoms with Crippen LogP contribution in [-0.4, -0.2) is 5.78 Å². The van der Waals surface area contributed by atoms with Crippen molar-refractivity contribution in [2.75, 3.05) is 0 Å². The summed E-state index contributed by atoms with van der Waals surface area (Å²) >= 11 is 23.9. The Morgan fingerprint density at radius 1 is 0.900 bits per heavy atom. The quantitative estimate of drug-likeness (QED) is 0.292. The minimum Gasteiger partial charge on any atom is -0.289 e. The second kappa shape index (κ2) is 5.13. The second-order valence-corrected chi connectivity index (χ2v) is 5.30. The van der Waals surface area contributed by atoms with E-state index in [-0.39, 0.29) is 47.9 Å². The van der Waals surface area contributed by atoms with Crippen LogP contribution in [0.3, 0.4) is 0 Å². The number of ketones is 1. The molecular formula is C13H2Cl4N2O. The molecule has 1 aliphatic carbocycles. The highest BCUT2D eigenvalue weighted by Gasteiger charge is 2.37. The SMILES string of the molecule is C=C1C(=O)c2c(Cl)c(Cl)c(Cl)c(Cl)c2C1=C(C#N)C#N. The Hall–Kier alpha value is -1.49. The smallest absolute Gasteiger partial charge is 0.195 e. The van der Waals surface area contributed by atoms with E-state index in [1.54, 1.807) is 12.1 Å². The van der Waals surface area contributed by atoms with E-state index in [0.29, 0.717) is 0 Å². The molecule has 0 atom stereocenters. The van der Waals surface area contributed by atoms with Crippen molar-refractivity contribution in [1.82, 2.24) is 0 Å². The Bertz CT molecular complexity index is 793. The molecule has 1 aromatic rings. The molecule has 20 heavy (non-hydrogen) atoms. The van der Waals surface area contributed by atoms with Gasteiger partial charge in [0.05, 0.1) is 25.7 Å². The lowest BCUT2D eigenvalue weighted by Gasteiger charge is -2.09. The predicted molar refractivity (Wildman–Crippen MR) is 78.1 cm³/mol. The average Bonchev–Trinajstić information content (AvgIpc) is 2.69. The highest BCUT2D eigenvalue weighted by Crippen LogP contribution is 2.50. The summed E-state index contributed by atoms with van der Waals surface area (Å²) in [7, 11) is 0. The van der Waals surface area contributed by atoms with Crippen molar-refractivity contribution in [1.29, 1.82) is 10.5 Å². The molecule has 0 N–H and O–H groups in total. The number of nitriles is 2. The van der Waals surface area contributed by atoms with Gasteiger partial charge in [0.1, 0.15) is 17.7 Å². The number of benzene rings is 1. The molecule has 0 amide bonds. The first kappa shape index (κ1) is 14.9. The van der Waals surface area contributed by atoms with Crippen LogP contribution < -0.4 is 0 Å². The van der Waals surface area contributed by atoms with Crippen LogP contribution in [0.15, 0.2) is 17.7 Å². The van der Waals surface area contributed by atoms with Gasteiger partial charge in [-0.2, -0.15) is 10.5 Å². The third-order valence-electron chi connectivity index (χ3n) is 2.79. The van der Waals surface area contributed by atoms with Crippen molar-refractivity contribution in [3.05, 3.63) is 48.9 Å². The minimum atomic E-state index is -0.538. The summed E-state index contributed by atoms with van der Waals surface area (Å²) in [6.45, 7) is 3.58. The largest absolute Gasteiger partial charge is 0.289 e. The minimum absolute atomic E-state index is 0.00840. The first-order chi connectivity index (χ1) is 9.36. The fraction of sp³-hybridized carbons (Fsp3) is 0.